The van der Waals surface area contributed by atoms with E-state index in [1.54, 1.807) is 6.07 Å². The molecule has 8 nitrogen and oxygen atoms in total. The number of hydroxylamine groups is 1. The van der Waals surface area contributed by atoms with Gasteiger partial charge in [-0.1, -0.05) is 6.07 Å². The average Bonchev–Trinajstić information content (AvgIpc) is 2.54. The second-order valence-corrected chi connectivity index (χ2v) is 5.22. The number of carbonyl (C=O) groups is 1. The SMILES string of the molecule is N=C(NO)c1cnc(NC(=O)c2cccc(Br)n2)c(OC(F)(F)F)c1. The maximum atomic E-state index is 12.5. The molecule has 0 aromatic carbocycles. The van der Waals surface area contributed by atoms with Crippen LogP contribution >= 0.6 is 15.9 Å². The van der Waals surface area contributed by atoms with Crippen molar-refractivity contribution in [3.05, 3.63) is 46.3 Å². The van der Waals surface area contributed by atoms with Crippen LogP contribution in [0.3, 0.4) is 0 Å². The highest BCUT2D eigenvalue weighted by atomic mass is 79.9. The molecule has 0 unspecified atom stereocenters. The zero-order valence-electron chi connectivity index (χ0n) is 12.1. The van der Waals surface area contributed by atoms with Gasteiger partial charge in [0.2, 0.25) is 0 Å². The lowest BCUT2D eigenvalue weighted by molar-refractivity contribution is -0.274. The number of amides is 1. The molecule has 1 amide bonds. The Morgan fingerprint density at radius 3 is 2.68 bits per heavy atom. The van der Waals surface area contributed by atoms with Gasteiger partial charge in [-0.05, 0) is 34.1 Å². The molecular weight excluding hydrogens is 411 g/mol. The van der Waals surface area contributed by atoms with Crippen LogP contribution in [-0.2, 0) is 0 Å². The minimum atomic E-state index is -5.05. The fourth-order valence-electron chi connectivity index (χ4n) is 1.65. The van der Waals surface area contributed by atoms with E-state index in [0.29, 0.717) is 4.60 Å². The van der Waals surface area contributed by atoms with Gasteiger partial charge in [-0.25, -0.2) is 9.97 Å². The first kappa shape index (κ1) is 18.6. The number of amidine groups is 1. The molecule has 2 rings (SSSR count). The van der Waals surface area contributed by atoms with E-state index >= 15 is 0 Å². The molecule has 4 N–H and O–H groups in total. The molecule has 0 aliphatic heterocycles. The molecule has 2 aromatic heterocycles. The predicted octanol–water partition coefficient (Wildman–Crippen LogP) is 2.69. The maximum Gasteiger partial charge on any atom is 0.573 e. The fourth-order valence-corrected chi connectivity index (χ4v) is 1.99. The van der Waals surface area contributed by atoms with Crippen LogP contribution in [0.25, 0.3) is 0 Å². The van der Waals surface area contributed by atoms with Crippen LogP contribution in [0, 0.1) is 5.41 Å². The molecule has 0 radical (unpaired) electrons. The molecule has 12 heteroatoms. The minimum Gasteiger partial charge on any atom is -0.402 e. The number of pyridine rings is 2. The van der Waals surface area contributed by atoms with Crippen molar-refractivity contribution in [2.75, 3.05) is 5.32 Å². The van der Waals surface area contributed by atoms with Crippen LogP contribution in [0.1, 0.15) is 16.1 Å². The molecule has 0 atom stereocenters. The minimum absolute atomic E-state index is 0.0667. The third-order valence-corrected chi connectivity index (χ3v) is 3.10. The van der Waals surface area contributed by atoms with Crippen LogP contribution in [0.4, 0.5) is 19.0 Å². The number of rotatable bonds is 4. The third kappa shape index (κ3) is 5.12. The van der Waals surface area contributed by atoms with Gasteiger partial charge in [-0.15, -0.1) is 13.2 Å². The molecule has 0 aliphatic carbocycles. The van der Waals surface area contributed by atoms with Crippen molar-refractivity contribution in [1.29, 1.82) is 5.41 Å². The van der Waals surface area contributed by atoms with Crippen LogP contribution in [0.5, 0.6) is 5.75 Å². The highest BCUT2D eigenvalue weighted by Gasteiger charge is 2.33. The number of alkyl halides is 3. The summed E-state index contributed by atoms with van der Waals surface area (Å²) >= 11 is 3.07. The zero-order chi connectivity index (χ0) is 18.6. The predicted molar refractivity (Wildman–Crippen MR) is 82.6 cm³/mol. The Morgan fingerprint density at radius 1 is 1.36 bits per heavy atom. The van der Waals surface area contributed by atoms with E-state index in [1.807, 2.05) is 0 Å². The van der Waals surface area contributed by atoms with Crippen LogP contribution in [-0.4, -0.2) is 33.3 Å². The molecule has 0 aliphatic rings. The number of nitrogens with one attached hydrogen (secondary N) is 3. The Hall–Kier alpha value is -2.73. The molecule has 0 saturated heterocycles. The van der Waals surface area contributed by atoms with Crippen LogP contribution in [0.2, 0.25) is 0 Å². The summed E-state index contributed by atoms with van der Waals surface area (Å²) in [5.74, 6) is -2.80. The van der Waals surface area contributed by atoms with E-state index in [9.17, 15) is 18.0 Å². The summed E-state index contributed by atoms with van der Waals surface area (Å²) in [5, 5.41) is 18.1. The van der Waals surface area contributed by atoms with E-state index in [2.05, 4.69) is 36.0 Å². The second kappa shape index (κ2) is 7.44. The number of halogens is 4. The molecule has 25 heavy (non-hydrogen) atoms. The topological polar surface area (TPSA) is 120 Å². The van der Waals surface area contributed by atoms with Gasteiger partial charge in [0.25, 0.3) is 5.91 Å². The summed E-state index contributed by atoms with van der Waals surface area (Å²) in [6.45, 7) is 0. The Bertz CT molecular complexity index is 816. The average molecular weight is 420 g/mol. The summed E-state index contributed by atoms with van der Waals surface area (Å²) in [7, 11) is 0. The van der Waals surface area contributed by atoms with Gasteiger partial charge >= 0.3 is 6.36 Å². The lowest BCUT2D eigenvalue weighted by atomic mass is 10.2. The summed E-state index contributed by atoms with van der Waals surface area (Å²) in [5.41, 5.74) is 1.21. The van der Waals surface area contributed by atoms with Gasteiger partial charge in [-0.3, -0.25) is 20.9 Å². The number of ether oxygens (including phenoxy) is 1. The first-order valence-electron chi connectivity index (χ1n) is 6.38. The lowest BCUT2D eigenvalue weighted by Crippen LogP contribution is -2.23. The first-order chi connectivity index (χ1) is 11.7. The van der Waals surface area contributed by atoms with Gasteiger partial charge in [0.1, 0.15) is 10.3 Å². The van der Waals surface area contributed by atoms with Crippen LogP contribution in [0.15, 0.2) is 35.1 Å². The first-order valence-corrected chi connectivity index (χ1v) is 7.17. The molecule has 0 fully saturated rings. The van der Waals surface area contributed by atoms with E-state index in [4.69, 9.17) is 10.6 Å². The van der Waals surface area contributed by atoms with Gasteiger partial charge in [0, 0.05) is 11.8 Å². The highest BCUT2D eigenvalue weighted by Crippen LogP contribution is 2.30. The molecule has 0 spiro atoms. The Morgan fingerprint density at radius 2 is 2.08 bits per heavy atom. The summed E-state index contributed by atoms with van der Waals surface area (Å²) in [4.78, 5) is 19.6. The van der Waals surface area contributed by atoms with E-state index in [0.717, 1.165) is 12.3 Å². The molecular formula is C13H9BrF3N5O3. The standard InChI is InChI=1S/C13H9BrF3N5O3/c14-9-3-1-2-7(20-9)12(23)21-11-8(25-13(15,16)17)4-6(5-19-11)10(18)22-24/h1-5,24H,(H2,18,22)(H,19,21,23). The molecule has 2 heterocycles. The van der Waals surface area contributed by atoms with Crippen molar-refractivity contribution in [2.45, 2.75) is 6.36 Å². The Labute approximate surface area is 146 Å². The molecule has 132 valence electrons. The van der Waals surface area contributed by atoms with Crippen molar-refractivity contribution >= 4 is 33.5 Å². The van der Waals surface area contributed by atoms with Gasteiger partial charge in [0.15, 0.2) is 17.4 Å². The number of nitrogens with zero attached hydrogens (tertiary/aromatic N) is 2. The van der Waals surface area contributed by atoms with E-state index in [-0.39, 0.29) is 11.3 Å². The number of hydrogen-bond donors (Lipinski definition) is 4. The molecule has 2 aromatic rings. The maximum absolute atomic E-state index is 12.5. The largest absolute Gasteiger partial charge is 0.573 e. The van der Waals surface area contributed by atoms with Gasteiger partial charge in [-0.2, -0.15) is 0 Å². The normalized spacial score (nSPS) is 10.9. The van der Waals surface area contributed by atoms with Crippen molar-refractivity contribution in [3.63, 3.8) is 0 Å². The van der Waals surface area contributed by atoms with Gasteiger partial charge in [0.05, 0.1) is 0 Å². The van der Waals surface area contributed by atoms with E-state index < -0.39 is 29.7 Å². The van der Waals surface area contributed by atoms with Crippen LogP contribution < -0.4 is 15.5 Å². The second-order valence-electron chi connectivity index (χ2n) is 4.41. The highest BCUT2D eigenvalue weighted by molar-refractivity contribution is 9.10. The van der Waals surface area contributed by atoms with Crippen molar-refractivity contribution in [2.24, 2.45) is 0 Å². The number of carbonyl (C=O) groups excluding carboxylic acids is 1. The number of hydrogen-bond acceptors (Lipinski definition) is 6. The summed E-state index contributed by atoms with van der Waals surface area (Å²) in [6.07, 6.45) is -4.08. The summed E-state index contributed by atoms with van der Waals surface area (Å²) < 4.78 is 41.8. The molecule has 0 bridgehead atoms. The zero-order valence-corrected chi connectivity index (χ0v) is 13.6. The smallest absolute Gasteiger partial charge is 0.402 e. The monoisotopic (exact) mass is 419 g/mol. The Kier molecular flexibility index (Phi) is 5.54. The van der Waals surface area contributed by atoms with Gasteiger partial charge < -0.3 is 10.1 Å². The molecule has 0 saturated carbocycles. The Balaban J connectivity index is 2.35. The lowest BCUT2D eigenvalue weighted by Gasteiger charge is -2.14. The van der Waals surface area contributed by atoms with E-state index in [1.165, 1.54) is 17.6 Å². The third-order valence-electron chi connectivity index (χ3n) is 2.66. The van der Waals surface area contributed by atoms with Crippen molar-refractivity contribution in [1.82, 2.24) is 15.4 Å². The number of aromatic nitrogens is 2. The van der Waals surface area contributed by atoms with Crippen molar-refractivity contribution in [3.8, 4) is 5.75 Å². The number of anilines is 1. The van der Waals surface area contributed by atoms with Crippen molar-refractivity contribution < 1.29 is 27.9 Å². The summed E-state index contributed by atoms with van der Waals surface area (Å²) in [6, 6.07) is 5.22. The quantitative estimate of drug-likeness (QED) is 0.261. The fraction of sp³-hybridized carbons (Fsp3) is 0.0769.